The zero-order chi connectivity index (χ0) is 23.5. The van der Waals surface area contributed by atoms with Gasteiger partial charge in [-0.15, -0.1) is 0 Å². The number of anilines is 1. The molecule has 7 nitrogen and oxygen atoms in total. The molecule has 0 aliphatic carbocycles. The first-order valence-electron chi connectivity index (χ1n) is 10.5. The van der Waals surface area contributed by atoms with Gasteiger partial charge in [0.2, 0.25) is 5.91 Å². The van der Waals surface area contributed by atoms with Gasteiger partial charge < -0.3 is 10.1 Å². The summed E-state index contributed by atoms with van der Waals surface area (Å²) in [7, 11) is 1.33. The molecule has 4 rings (SSSR count). The van der Waals surface area contributed by atoms with Crippen LogP contribution in [0, 0.1) is 0 Å². The van der Waals surface area contributed by atoms with Crippen LogP contribution in [0.15, 0.2) is 75.7 Å². The highest BCUT2D eigenvalue weighted by Gasteiger charge is 2.33. The van der Waals surface area contributed by atoms with Crippen molar-refractivity contribution in [3.05, 3.63) is 96.7 Å². The predicted octanol–water partition coefficient (Wildman–Crippen LogP) is 2.76. The molecule has 1 amide bonds. The molecular weight excluding hydrogens is 438 g/mol. The van der Waals surface area contributed by atoms with Crippen molar-refractivity contribution >= 4 is 35.0 Å². The molecule has 0 unspecified atom stereocenters. The number of esters is 1. The summed E-state index contributed by atoms with van der Waals surface area (Å²) in [6.45, 7) is 3.37. The summed E-state index contributed by atoms with van der Waals surface area (Å²) < 4.78 is 7.14. The van der Waals surface area contributed by atoms with Crippen molar-refractivity contribution < 1.29 is 14.3 Å². The van der Waals surface area contributed by atoms with Gasteiger partial charge in [0.15, 0.2) is 4.80 Å². The van der Waals surface area contributed by atoms with E-state index in [1.54, 1.807) is 22.8 Å². The number of fused-ring (bicyclic) bond motifs is 1. The number of rotatable bonds is 5. The third kappa shape index (κ3) is 4.42. The van der Waals surface area contributed by atoms with Crippen LogP contribution < -0.4 is 20.2 Å². The van der Waals surface area contributed by atoms with Crippen LogP contribution >= 0.6 is 11.3 Å². The molecule has 1 N–H and O–H groups in total. The maximum Gasteiger partial charge on any atom is 0.338 e. The molecule has 8 heteroatoms. The number of allylic oxidation sites excluding steroid dienone is 1. The molecule has 168 valence electrons. The highest BCUT2D eigenvalue weighted by atomic mass is 32.1. The van der Waals surface area contributed by atoms with Gasteiger partial charge in [0.1, 0.15) is 0 Å². The van der Waals surface area contributed by atoms with Gasteiger partial charge in [-0.1, -0.05) is 60.7 Å². The van der Waals surface area contributed by atoms with Crippen molar-refractivity contribution in [1.82, 2.24) is 4.57 Å². The molecule has 0 saturated carbocycles. The Morgan fingerprint density at radius 3 is 2.45 bits per heavy atom. The SMILES string of the molecule is CCC1=C(C(=O)OC)[C@H](c2ccccc2)n2c(s/c(=C\c3ccc(NC(C)=O)cc3)c2=O)=N1. The van der Waals surface area contributed by atoms with Crippen LogP contribution in [0.3, 0.4) is 0 Å². The lowest BCUT2D eigenvalue weighted by Crippen LogP contribution is -2.40. The number of amides is 1. The number of carbonyl (C=O) groups excluding carboxylic acids is 2. The van der Waals surface area contributed by atoms with E-state index in [4.69, 9.17) is 4.74 Å². The average Bonchev–Trinajstić information content (AvgIpc) is 3.13. The van der Waals surface area contributed by atoms with E-state index in [1.165, 1.54) is 25.4 Å². The Kier molecular flexibility index (Phi) is 6.37. The van der Waals surface area contributed by atoms with E-state index < -0.39 is 12.0 Å². The fourth-order valence-corrected chi connectivity index (χ4v) is 4.85. The zero-order valence-electron chi connectivity index (χ0n) is 18.5. The van der Waals surface area contributed by atoms with E-state index in [2.05, 4.69) is 10.3 Å². The van der Waals surface area contributed by atoms with Gasteiger partial charge in [-0.2, -0.15) is 0 Å². The van der Waals surface area contributed by atoms with Crippen LogP contribution in [-0.4, -0.2) is 23.6 Å². The van der Waals surface area contributed by atoms with Crippen LogP contribution in [0.25, 0.3) is 6.08 Å². The predicted molar refractivity (Wildman–Crippen MR) is 128 cm³/mol. The Labute approximate surface area is 194 Å². The van der Waals surface area contributed by atoms with Gasteiger partial charge >= 0.3 is 5.97 Å². The van der Waals surface area contributed by atoms with E-state index in [1.807, 2.05) is 49.4 Å². The van der Waals surface area contributed by atoms with Gasteiger partial charge in [0, 0.05) is 12.6 Å². The van der Waals surface area contributed by atoms with Crippen molar-refractivity contribution in [2.24, 2.45) is 4.99 Å². The van der Waals surface area contributed by atoms with Gasteiger partial charge in [-0.05, 0) is 35.8 Å². The summed E-state index contributed by atoms with van der Waals surface area (Å²) in [5.74, 6) is -0.641. The highest BCUT2D eigenvalue weighted by Crippen LogP contribution is 2.31. The molecule has 0 saturated heterocycles. The van der Waals surface area contributed by atoms with Crippen molar-refractivity contribution in [2.45, 2.75) is 26.3 Å². The van der Waals surface area contributed by atoms with E-state index in [0.29, 0.717) is 32.7 Å². The molecule has 2 aromatic carbocycles. The number of carbonyl (C=O) groups is 2. The van der Waals surface area contributed by atoms with Crippen LogP contribution in [0.1, 0.15) is 37.4 Å². The number of hydrogen-bond acceptors (Lipinski definition) is 6. The number of ether oxygens (including phenoxy) is 1. The summed E-state index contributed by atoms with van der Waals surface area (Å²) in [6, 6.07) is 16.0. The number of methoxy groups -OCH3 is 1. The Morgan fingerprint density at radius 2 is 1.85 bits per heavy atom. The van der Waals surface area contributed by atoms with Gasteiger partial charge in [0.25, 0.3) is 5.56 Å². The quantitative estimate of drug-likeness (QED) is 0.592. The molecule has 1 aliphatic rings. The second-order valence-electron chi connectivity index (χ2n) is 7.50. The third-order valence-corrected chi connectivity index (χ3v) is 6.28. The minimum atomic E-state index is -0.617. The van der Waals surface area contributed by atoms with E-state index in [9.17, 15) is 14.4 Å². The monoisotopic (exact) mass is 461 g/mol. The smallest absolute Gasteiger partial charge is 0.338 e. The Morgan fingerprint density at radius 1 is 1.15 bits per heavy atom. The number of nitrogens with zero attached hydrogens (tertiary/aromatic N) is 2. The number of benzene rings is 2. The van der Waals surface area contributed by atoms with E-state index >= 15 is 0 Å². The molecule has 1 aliphatic heterocycles. The van der Waals surface area contributed by atoms with Crippen LogP contribution in [-0.2, 0) is 14.3 Å². The third-order valence-electron chi connectivity index (χ3n) is 5.29. The lowest BCUT2D eigenvalue weighted by atomic mass is 9.95. The molecule has 0 fully saturated rings. The number of thiazole rings is 1. The summed E-state index contributed by atoms with van der Waals surface area (Å²) in [6.07, 6.45) is 2.32. The van der Waals surface area contributed by atoms with Crippen LogP contribution in [0.2, 0.25) is 0 Å². The van der Waals surface area contributed by atoms with E-state index in [-0.39, 0.29) is 11.5 Å². The fraction of sp³-hybridized carbons (Fsp3) is 0.200. The molecule has 0 bridgehead atoms. The number of aromatic nitrogens is 1. The molecular formula is C25H23N3O4S. The second kappa shape index (κ2) is 9.38. The summed E-state index contributed by atoms with van der Waals surface area (Å²) in [5, 5.41) is 2.72. The molecule has 0 spiro atoms. The Hall–Kier alpha value is -3.78. The highest BCUT2D eigenvalue weighted by molar-refractivity contribution is 7.07. The lowest BCUT2D eigenvalue weighted by molar-refractivity contribution is -0.136. The molecule has 2 heterocycles. The normalized spacial score (nSPS) is 15.6. The molecule has 1 atom stereocenters. The maximum absolute atomic E-state index is 13.5. The first-order valence-corrected chi connectivity index (χ1v) is 11.3. The molecule has 1 aromatic heterocycles. The van der Waals surface area contributed by atoms with Gasteiger partial charge in [-0.25, -0.2) is 9.79 Å². The minimum Gasteiger partial charge on any atom is -0.466 e. The van der Waals surface area contributed by atoms with E-state index in [0.717, 1.165) is 11.1 Å². The largest absolute Gasteiger partial charge is 0.466 e. The van der Waals surface area contributed by atoms with Gasteiger partial charge in [-0.3, -0.25) is 14.2 Å². The molecule has 33 heavy (non-hydrogen) atoms. The van der Waals surface area contributed by atoms with Crippen LogP contribution in [0.4, 0.5) is 5.69 Å². The second-order valence-corrected chi connectivity index (χ2v) is 8.51. The maximum atomic E-state index is 13.5. The summed E-state index contributed by atoms with van der Waals surface area (Å²) in [4.78, 5) is 42.7. The Balaban J connectivity index is 1.89. The zero-order valence-corrected chi connectivity index (χ0v) is 19.3. The van der Waals surface area contributed by atoms with Crippen LogP contribution in [0.5, 0.6) is 0 Å². The average molecular weight is 462 g/mol. The first kappa shape index (κ1) is 22.4. The Bertz CT molecular complexity index is 1420. The number of hydrogen-bond donors (Lipinski definition) is 1. The number of nitrogens with one attached hydrogen (secondary N) is 1. The summed E-state index contributed by atoms with van der Waals surface area (Å²) in [5.41, 5.74) is 3.07. The fourth-order valence-electron chi connectivity index (χ4n) is 3.83. The topological polar surface area (TPSA) is 89.8 Å². The van der Waals surface area contributed by atoms with Crippen molar-refractivity contribution in [2.75, 3.05) is 12.4 Å². The van der Waals surface area contributed by atoms with Crippen molar-refractivity contribution in [3.8, 4) is 0 Å². The summed E-state index contributed by atoms with van der Waals surface area (Å²) >= 11 is 1.28. The minimum absolute atomic E-state index is 0.148. The van der Waals surface area contributed by atoms with Crippen molar-refractivity contribution in [1.29, 1.82) is 0 Å². The lowest BCUT2D eigenvalue weighted by Gasteiger charge is -2.25. The standard InChI is InChI=1S/C25H23N3O4S/c1-4-19-21(24(31)32-3)22(17-8-6-5-7-9-17)28-23(30)20(33-25(28)27-19)14-16-10-12-18(13-11-16)26-15(2)29/h5-14,22H,4H2,1-3H3,(H,26,29)/b20-14-/t22-/m0/s1. The first-order chi connectivity index (χ1) is 15.9. The molecule has 0 radical (unpaired) electrons. The van der Waals surface area contributed by atoms with Crippen molar-refractivity contribution in [3.63, 3.8) is 0 Å². The van der Waals surface area contributed by atoms with Gasteiger partial charge in [0.05, 0.1) is 29.0 Å². The molecule has 3 aromatic rings.